The molecule has 4 nitrogen and oxygen atoms in total. The van der Waals surface area contributed by atoms with Gasteiger partial charge < -0.3 is 16.8 Å². The van der Waals surface area contributed by atoms with Crippen LogP contribution in [-0.4, -0.2) is 5.91 Å². The van der Waals surface area contributed by atoms with Crippen LogP contribution in [0.4, 0.5) is 21.5 Å². The average Bonchev–Trinajstić information content (AvgIpc) is 2.34. The standard InChI is InChI=1S/C13H12FN3O/c14-9-3-1-2-4-11(9)17-12-6-5-8(13(16)18)7-10(12)15/h1-7,17H,15H2,(H2,16,18). The Morgan fingerprint density at radius 3 is 2.44 bits per heavy atom. The second kappa shape index (κ2) is 4.75. The van der Waals surface area contributed by atoms with Crippen LogP contribution in [-0.2, 0) is 0 Å². The first kappa shape index (κ1) is 11.9. The normalized spacial score (nSPS) is 10.1. The van der Waals surface area contributed by atoms with Crippen LogP contribution in [0.5, 0.6) is 0 Å². The fraction of sp³-hybridized carbons (Fsp3) is 0. The lowest BCUT2D eigenvalue weighted by Crippen LogP contribution is -2.11. The highest BCUT2D eigenvalue weighted by Crippen LogP contribution is 2.25. The van der Waals surface area contributed by atoms with Crippen LogP contribution in [0.25, 0.3) is 0 Å². The molecule has 18 heavy (non-hydrogen) atoms. The topological polar surface area (TPSA) is 81.1 Å². The Balaban J connectivity index is 2.30. The van der Waals surface area contributed by atoms with E-state index < -0.39 is 5.91 Å². The maximum atomic E-state index is 13.4. The zero-order valence-electron chi connectivity index (χ0n) is 9.48. The van der Waals surface area contributed by atoms with E-state index in [2.05, 4.69) is 5.32 Å². The molecule has 1 amide bonds. The van der Waals surface area contributed by atoms with E-state index in [9.17, 15) is 9.18 Å². The molecule has 0 spiro atoms. The van der Waals surface area contributed by atoms with Crippen molar-refractivity contribution in [2.75, 3.05) is 11.1 Å². The number of nitrogens with two attached hydrogens (primary N) is 2. The third-order valence-corrected chi connectivity index (χ3v) is 2.48. The number of benzene rings is 2. The number of halogens is 1. The maximum Gasteiger partial charge on any atom is 0.248 e. The number of primary amides is 1. The fourth-order valence-electron chi connectivity index (χ4n) is 1.54. The van der Waals surface area contributed by atoms with Gasteiger partial charge in [-0.3, -0.25) is 4.79 Å². The molecular weight excluding hydrogens is 233 g/mol. The molecule has 0 aliphatic rings. The second-order valence-corrected chi connectivity index (χ2v) is 3.77. The molecule has 0 saturated carbocycles. The van der Waals surface area contributed by atoms with E-state index in [1.165, 1.54) is 18.2 Å². The van der Waals surface area contributed by atoms with Crippen LogP contribution in [0.2, 0.25) is 0 Å². The quantitative estimate of drug-likeness (QED) is 0.725. The largest absolute Gasteiger partial charge is 0.397 e. The lowest BCUT2D eigenvalue weighted by molar-refractivity contribution is 0.100. The van der Waals surface area contributed by atoms with Gasteiger partial charge in [-0.15, -0.1) is 0 Å². The molecule has 5 heteroatoms. The van der Waals surface area contributed by atoms with Crippen molar-refractivity contribution in [2.24, 2.45) is 5.73 Å². The van der Waals surface area contributed by atoms with Crippen molar-refractivity contribution in [3.8, 4) is 0 Å². The SMILES string of the molecule is NC(=O)c1ccc(Nc2ccccc2F)c(N)c1. The molecule has 2 aromatic carbocycles. The van der Waals surface area contributed by atoms with Gasteiger partial charge in [0.05, 0.1) is 17.1 Å². The van der Waals surface area contributed by atoms with Crippen molar-refractivity contribution < 1.29 is 9.18 Å². The number of hydrogen-bond donors (Lipinski definition) is 3. The molecule has 5 N–H and O–H groups in total. The minimum Gasteiger partial charge on any atom is -0.397 e. The van der Waals surface area contributed by atoms with Crippen LogP contribution >= 0.6 is 0 Å². The third kappa shape index (κ3) is 2.40. The summed E-state index contributed by atoms with van der Waals surface area (Å²) in [5.74, 6) is -0.935. The van der Waals surface area contributed by atoms with E-state index in [1.54, 1.807) is 24.3 Å². The number of carbonyl (C=O) groups is 1. The van der Waals surface area contributed by atoms with E-state index in [0.717, 1.165) is 0 Å². The van der Waals surface area contributed by atoms with E-state index in [-0.39, 0.29) is 5.82 Å². The van der Waals surface area contributed by atoms with Crippen molar-refractivity contribution in [1.82, 2.24) is 0 Å². The van der Waals surface area contributed by atoms with Gasteiger partial charge in [0.2, 0.25) is 5.91 Å². The van der Waals surface area contributed by atoms with Gasteiger partial charge in [0.1, 0.15) is 5.82 Å². The first-order valence-electron chi connectivity index (χ1n) is 5.29. The molecule has 0 bridgehead atoms. The van der Waals surface area contributed by atoms with Crippen molar-refractivity contribution in [1.29, 1.82) is 0 Å². The molecule has 0 saturated heterocycles. The Hall–Kier alpha value is -2.56. The van der Waals surface area contributed by atoms with Gasteiger partial charge in [0.25, 0.3) is 0 Å². The summed E-state index contributed by atoms with van der Waals surface area (Å²) in [6.45, 7) is 0. The van der Waals surface area contributed by atoms with Crippen LogP contribution < -0.4 is 16.8 Å². The second-order valence-electron chi connectivity index (χ2n) is 3.77. The van der Waals surface area contributed by atoms with Gasteiger partial charge >= 0.3 is 0 Å². The Labute approximate surface area is 103 Å². The molecule has 2 rings (SSSR count). The van der Waals surface area contributed by atoms with Crippen LogP contribution in [0.1, 0.15) is 10.4 Å². The molecule has 92 valence electrons. The van der Waals surface area contributed by atoms with Crippen molar-refractivity contribution in [3.63, 3.8) is 0 Å². The van der Waals surface area contributed by atoms with Gasteiger partial charge in [-0.25, -0.2) is 4.39 Å². The molecule has 0 aromatic heterocycles. The first-order chi connectivity index (χ1) is 8.58. The summed E-state index contributed by atoms with van der Waals surface area (Å²) in [5, 5.41) is 2.85. The number of anilines is 3. The zero-order chi connectivity index (χ0) is 13.1. The monoisotopic (exact) mass is 245 g/mol. The fourth-order valence-corrected chi connectivity index (χ4v) is 1.54. The molecule has 0 aliphatic carbocycles. The molecule has 2 aromatic rings. The van der Waals surface area contributed by atoms with Gasteiger partial charge in [-0.2, -0.15) is 0 Å². The summed E-state index contributed by atoms with van der Waals surface area (Å²) in [5.41, 5.74) is 12.4. The van der Waals surface area contributed by atoms with Crippen molar-refractivity contribution in [2.45, 2.75) is 0 Å². The Kier molecular flexibility index (Phi) is 3.14. The average molecular weight is 245 g/mol. The maximum absolute atomic E-state index is 13.4. The Bertz CT molecular complexity index is 599. The molecule has 0 unspecified atom stereocenters. The molecule has 0 aliphatic heterocycles. The number of hydrogen-bond acceptors (Lipinski definition) is 3. The summed E-state index contributed by atoms with van der Waals surface area (Å²) in [4.78, 5) is 11.0. The number of amides is 1. The van der Waals surface area contributed by atoms with Gasteiger partial charge in [-0.05, 0) is 30.3 Å². The Morgan fingerprint density at radius 2 is 1.83 bits per heavy atom. The number of rotatable bonds is 3. The lowest BCUT2D eigenvalue weighted by Gasteiger charge is -2.10. The predicted octanol–water partition coefficient (Wildman–Crippen LogP) is 2.25. The summed E-state index contributed by atoms with van der Waals surface area (Å²) in [6.07, 6.45) is 0. The molecular formula is C13H12FN3O. The van der Waals surface area contributed by atoms with Crippen LogP contribution in [0, 0.1) is 5.82 Å². The summed E-state index contributed by atoms with van der Waals surface area (Å²) < 4.78 is 13.4. The number of nitrogen functional groups attached to an aromatic ring is 1. The molecule has 0 fully saturated rings. The molecule has 0 heterocycles. The highest BCUT2D eigenvalue weighted by atomic mass is 19.1. The van der Waals surface area contributed by atoms with Crippen LogP contribution in [0.15, 0.2) is 42.5 Å². The highest BCUT2D eigenvalue weighted by Gasteiger charge is 2.06. The molecule has 0 atom stereocenters. The number of nitrogens with one attached hydrogen (secondary N) is 1. The lowest BCUT2D eigenvalue weighted by atomic mass is 10.1. The zero-order valence-corrected chi connectivity index (χ0v) is 9.48. The molecule has 0 radical (unpaired) electrons. The minimum absolute atomic E-state index is 0.312. The van der Waals surface area contributed by atoms with Crippen molar-refractivity contribution >= 4 is 23.0 Å². The summed E-state index contributed by atoms with van der Waals surface area (Å²) >= 11 is 0. The van der Waals surface area contributed by atoms with Crippen molar-refractivity contribution in [3.05, 3.63) is 53.8 Å². The van der Waals surface area contributed by atoms with E-state index in [0.29, 0.717) is 22.6 Å². The first-order valence-corrected chi connectivity index (χ1v) is 5.29. The minimum atomic E-state index is -0.556. The van der Waals surface area contributed by atoms with E-state index >= 15 is 0 Å². The van der Waals surface area contributed by atoms with E-state index in [4.69, 9.17) is 11.5 Å². The third-order valence-electron chi connectivity index (χ3n) is 2.48. The number of carbonyl (C=O) groups excluding carboxylic acids is 1. The van der Waals surface area contributed by atoms with Crippen LogP contribution in [0.3, 0.4) is 0 Å². The van der Waals surface area contributed by atoms with Gasteiger partial charge in [0, 0.05) is 5.56 Å². The summed E-state index contributed by atoms with van der Waals surface area (Å²) in [7, 11) is 0. The predicted molar refractivity (Wildman–Crippen MR) is 69.1 cm³/mol. The van der Waals surface area contributed by atoms with Gasteiger partial charge in [0.15, 0.2) is 0 Å². The Morgan fingerprint density at radius 1 is 1.11 bits per heavy atom. The van der Waals surface area contributed by atoms with Gasteiger partial charge in [-0.1, -0.05) is 12.1 Å². The van der Waals surface area contributed by atoms with E-state index in [1.807, 2.05) is 0 Å². The summed E-state index contributed by atoms with van der Waals surface area (Å²) in [6, 6.07) is 10.8. The highest BCUT2D eigenvalue weighted by molar-refractivity contribution is 5.95. The smallest absolute Gasteiger partial charge is 0.248 e. The number of para-hydroxylation sites is 1.